The minimum Gasteiger partial charge on any atom is -0.334 e. The maximum Gasteiger partial charge on any atom is 0.128 e. The van der Waals surface area contributed by atoms with Crippen molar-refractivity contribution in [3.8, 4) is 0 Å². The Morgan fingerprint density at radius 3 is 2.40 bits per heavy atom. The molecule has 0 atom stereocenters. The quantitative estimate of drug-likeness (QED) is 0.916. The molecule has 0 unspecified atom stereocenters. The molecule has 0 aliphatic rings. The van der Waals surface area contributed by atoms with Gasteiger partial charge in [0.05, 0.1) is 5.69 Å². The lowest BCUT2D eigenvalue weighted by atomic mass is 9.93. The average molecular weight is 274 g/mol. The number of aromatic nitrogens is 2. The van der Waals surface area contributed by atoms with E-state index in [0.717, 1.165) is 23.4 Å². The smallest absolute Gasteiger partial charge is 0.128 e. The molecular weight excluding hydrogens is 254 g/mol. The van der Waals surface area contributed by atoms with Gasteiger partial charge in [-0.3, -0.25) is 0 Å². The van der Waals surface area contributed by atoms with Crippen molar-refractivity contribution in [2.24, 2.45) is 7.05 Å². The molecule has 0 saturated heterocycles. The van der Waals surface area contributed by atoms with Crippen LogP contribution in [0.3, 0.4) is 0 Å². The Bertz CT molecular complexity index is 336. The van der Waals surface area contributed by atoms with Crippen molar-refractivity contribution in [1.82, 2.24) is 14.9 Å². The van der Waals surface area contributed by atoms with Crippen LogP contribution in [-0.4, -0.2) is 23.1 Å². The molecule has 0 aromatic carbocycles. The molecule has 0 bridgehead atoms. The van der Waals surface area contributed by atoms with Crippen LogP contribution in [0.2, 0.25) is 0 Å². The average Bonchev–Trinajstić information content (AvgIpc) is 2.36. The summed E-state index contributed by atoms with van der Waals surface area (Å²) in [6.45, 7) is 7.57. The molecule has 0 radical (unpaired) electrons. The molecule has 0 spiro atoms. The van der Waals surface area contributed by atoms with Crippen molar-refractivity contribution >= 4 is 15.9 Å². The summed E-state index contributed by atoms with van der Waals surface area (Å²) in [5.74, 6) is 1.13. The third-order valence-electron chi connectivity index (χ3n) is 2.45. The van der Waals surface area contributed by atoms with Gasteiger partial charge in [0.1, 0.15) is 10.4 Å². The zero-order valence-electron chi connectivity index (χ0n) is 10.2. The first kappa shape index (κ1) is 12.7. The Labute approximate surface area is 100 Å². The van der Waals surface area contributed by atoms with E-state index in [4.69, 9.17) is 0 Å². The molecule has 0 saturated carbocycles. The summed E-state index contributed by atoms with van der Waals surface area (Å²) in [5.41, 5.74) is 1.38. The Morgan fingerprint density at radius 2 is 2.00 bits per heavy atom. The van der Waals surface area contributed by atoms with Crippen LogP contribution in [0.15, 0.2) is 4.60 Å². The van der Waals surface area contributed by atoms with Crippen molar-refractivity contribution in [3.05, 3.63) is 16.1 Å². The second kappa shape index (κ2) is 4.66. The molecule has 0 fully saturated rings. The molecule has 15 heavy (non-hydrogen) atoms. The summed E-state index contributed by atoms with van der Waals surface area (Å²) in [5, 5.41) is 3.14. The van der Waals surface area contributed by atoms with Gasteiger partial charge >= 0.3 is 0 Å². The highest BCUT2D eigenvalue weighted by Crippen LogP contribution is 2.29. The molecule has 0 aliphatic heterocycles. The molecule has 0 amide bonds. The third kappa shape index (κ3) is 2.82. The van der Waals surface area contributed by atoms with Crippen LogP contribution in [-0.2, 0) is 18.9 Å². The van der Waals surface area contributed by atoms with E-state index < -0.39 is 0 Å². The molecule has 3 nitrogen and oxygen atoms in total. The van der Waals surface area contributed by atoms with Crippen LogP contribution in [0.25, 0.3) is 0 Å². The van der Waals surface area contributed by atoms with E-state index in [1.807, 2.05) is 7.05 Å². The first-order valence-corrected chi connectivity index (χ1v) is 6.03. The molecule has 1 aromatic rings. The summed E-state index contributed by atoms with van der Waals surface area (Å²) < 4.78 is 3.17. The van der Waals surface area contributed by atoms with E-state index >= 15 is 0 Å². The zero-order valence-corrected chi connectivity index (χ0v) is 11.8. The van der Waals surface area contributed by atoms with Gasteiger partial charge in [0, 0.05) is 25.4 Å². The Balaban J connectivity index is 3.04. The number of imidazole rings is 1. The minimum atomic E-state index is 0.123. The van der Waals surface area contributed by atoms with Gasteiger partial charge < -0.3 is 9.88 Å². The van der Waals surface area contributed by atoms with Gasteiger partial charge in [-0.15, -0.1) is 0 Å². The largest absolute Gasteiger partial charge is 0.334 e. The van der Waals surface area contributed by atoms with Crippen molar-refractivity contribution in [1.29, 1.82) is 0 Å². The summed E-state index contributed by atoms with van der Waals surface area (Å²) in [7, 11) is 4.05. The highest BCUT2D eigenvalue weighted by atomic mass is 79.9. The molecule has 1 aromatic heterocycles. The van der Waals surface area contributed by atoms with Crippen LogP contribution in [0.4, 0.5) is 0 Å². The van der Waals surface area contributed by atoms with Crippen LogP contribution >= 0.6 is 15.9 Å². The lowest BCUT2D eigenvalue weighted by Crippen LogP contribution is -2.19. The summed E-state index contributed by atoms with van der Waals surface area (Å²) in [6.07, 6.45) is 0.960. The summed E-state index contributed by atoms with van der Waals surface area (Å²) in [4.78, 5) is 4.55. The number of rotatable bonds is 3. The fraction of sp³-hybridized carbons (Fsp3) is 0.727. The van der Waals surface area contributed by atoms with E-state index in [1.54, 1.807) is 0 Å². The van der Waals surface area contributed by atoms with Crippen molar-refractivity contribution in [2.75, 3.05) is 13.6 Å². The normalized spacial score (nSPS) is 12.1. The predicted octanol–water partition coefficient (Wildman–Crippen LogP) is 2.24. The van der Waals surface area contributed by atoms with Crippen LogP contribution in [0, 0.1) is 0 Å². The standard InChI is InChI=1S/C11H20BrN3/c1-11(2,3)9-10(12)14-8(15(9)5)6-7-13-4/h13H,6-7H2,1-5H3. The zero-order chi connectivity index (χ0) is 11.6. The fourth-order valence-corrected chi connectivity index (χ4v) is 2.85. The predicted molar refractivity (Wildman–Crippen MR) is 67.2 cm³/mol. The van der Waals surface area contributed by atoms with Crippen LogP contribution in [0.1, 0.15) is 32.3 Å². The number of hydrogen-bond acceptors (Lipinski definition) is 2. The molecule has 1 heterocycles. The van der Waals surface area contributed by atoms with E-state index in [0.29, 0.717) is 0 Å². The SMILES string of the molecule is CNCCc1nc(Br)c(C(C)(C)C)n1C. The first-order chi connectivity index (χ1) is 6.88. The maximum atomic E-state index is 4.55. The number of halogens is 1. The highest BCUT2D eigenvalue weighted by molar-refractivity contribution is 9.10. The highest BCUT2D eigenvalue weighted by Gasteiger charge is 2.23. The summed E-state index contributed by atoms with van der Waals surface area (Å²) >= 11 is 3.54. The van der Waals surface area contributed by atoms with Crippen molar-refractivity contribution < 1.29 is 0 Å². The maximum absolute atomic E-state index is 4.55. The van der Waals surface area contributed by atoms with E-state index in [-0.39, 0.29) is 5.41 Å². The Morgan fingerprint density at radius 1 is 1.40 bits per heavy atom. The Kier molecular flexibility index (Phi) is 3.95. The number of nitrogens with zero attached hydrogens (tertiary/aromatic N) is 2. The van der Waals surface area contributed by atoms with Crippen molar-refractivity contribution in [3.63, 3.8) is 0 Å². The van der Waals surface area contributed by atoms with Gasteiger partial charge in [-0.25, -0.2) is 4.98 Å². The van der Waals surface area contributed by atoms with E-state index in [9.17, 15) is 0 Å². The lowest BCUT2D eigenvalue weighted by Gasteiger charge is -2.20. The topological polar surface area (TPSA) is 29.9 Å². The van der Waals surface area contributed by atoms with Gasteiger partial charge in [-0.1, -0.05) is 20.8 Å². The number of hydrogen-bond donors (Lipinski definition) is 1. The van der Waals surface area contributed by atoms with Gasteiger partial charge in [0.2, 0.25) is 0 Å². The lowest BCUT2D eigenvalue weighted by molar-refractivity contribution is 0.533. The Hall–Kier alpha value is -0.350. The van der Waals surface area contributed by atoms with Gasteiger partial charge in [0.15, 0.2) is 0 Å². The second-order valence-electron chi connectivity index (χ2n) is 4.83. The van der Waals surface area contributed by atoms with Crippen LogP contribution < -0.4 is 5.32 Å². The number of likely N-dealkylation sites (N-methyl/N-ethyl adjacent to an activating group) is 1. The van der Waals surface area contributed by atoms with Gasteiger partial charge in [-0.2, -0.15) is 0 Å². The summed E-state index contributed by atoms with van der Waals surface area (Å²) in [6, 6.07) is 0. The first-order valence-electron chi connectivity index (χ1n) is 5.24. The van der Waals surface area contributed by atoms with Gasteiger partial charge in [0.25, 0.3) is 0 Å². The van der Waals surface area contributed by atoms with Crippen molar-refractivity contribution in [2.45, 2.75) is 32.6 Å². The second-order valence-corrected chi connectivity index (χ2v) is 5.58. The molecule has 4 heteroatoms. The van der Waals surface area contributed by atoms with E-state index in [2.05, 4.69) is 58.6 Å². The molecule has 1 rings (SSSR count). The van der Waals surface area contributed by atoms with Gasteiger partial charge in [-0.05, 0) is 23.0 Å². The molecule has 1 N–H and O–H groups in total. The molecular formula is C11H20BrN3. The monoisotopic (exact) mass is 273 g/mol. The third-order valence-corrected chi connectivity index (χ3v) is 3.01. The fourth-order valence-electron chi connectivity index (χ4n) is 1.78. The minimum absolute atomic E-state index is 0.123. The van der Waals surface area contributed by atoms with Crippen LogP contribution in [0.5, 0.6) is 0 Å². The van der Waals surface area contributed by atoms with E-state index in [1.165, 1.54) is 5.69 Å². The number of nitrogens with one attached hydrogen (secondary N) is 1. The molecule has 0 aliphatic carbocycles. The molecule has 86 valence electrons.